The predicted octanol–water partition coefficient (Wildman–Crippen LogP) is 2.27. The second kappa shape index (κ2) is 4.52. The maximum absolute atomic E-state index is 12.1. The molecular weight excluding hydrogens is 256 g/mol. The molecule has 2 aromatic heterocycles. The third-order valence-electron chi connectivity index (χ3n) is 3.32. The van der Waals surface area contributed by atoms with Gasteiger partial charge in [0.25, 0.3) is 5.56 Å². The molecule has 3 rings (SSSR count). The Labute approximate surface area is 114 Å². The van der Waals surface area contributed by atoms with Crippen LogP contribution < -0.4 is 5.56 Å². The molecule has 0 unspecified atom stereocenters. The van der Waals surface area contributed by atoms with E-state index in [1.807, 2.05) is 19.1 Å². The molecule has 0 bridgehead atoms. The smallest absolute Gasteiger partial charge is 0.340 e. The molecule has 0 aliphatic carbocycles. The fourth-order valence-corrected chi connectivity index (χ4v) is 2.46. The Kier molecular flexibility index (Phi) is 2.82. The zero-order valence-corrected chi connectivity index (χ0v) is 11.3. The zero-order valence-electron chi connectivity index (χ0n) is 11.3. The van der Waals surface area contributed by atoms with Crippen LogP contribution in [0.3, 0.4) is 0 Å². The van der Waals surface area contributed by atoms with Crippen LogP contribution >= 0.6 is 0 Å². The van der Waals surface area contributed by atoms with Gasteiger partial charge in [-0.1, -0.05) is 18.2 Å². The van der Waals surface area contributed by atoms with Crippen LogP contribution in [0, 0.1) is 6.92 Å². The summed E-state index contributed by atoms with van der Waals surface area (Å²) in [7, 11) is 0. The molecule has 3 aromatic rings. The summed E-state index contributed by atoms with van der Waals surface area (Å²) < 4.78 is 6.72. The van der Waals surface area contributed by atoms with Crippen molar-refractivity contribution in [2.24, 2.45) is 0 Å². The van der Waals surface area contributed by atoms with Crippen molar-refractivity contribution < 1.29 is 9.53 Å². The predicted molar refractivity (Wildman–Crippen MR) is 76.2 cm³/mol. The fourth-order valence-electron chi connectivity index (χ4n) is 2.46. The highest BCUT2D eigenvalue weighted by Crippen LogP contribution is 2.23. The molecule has 0 spiro atoms. The van der Waals surface area contributed by atoms with Crippen molar-refractivity contribution in [2.45, 2.75) is 13.8 Å². The summed E-state index contributed by atoms with van der Waals surface area (Å²) in [6.45, 7) is 3.92. The first-order chi connectivity index (χ1) is 9.63. The molecule has 2 heterocycles. The second-order valence-electron chi connectivity index (χ2n) is 4.59. The van der Waals surface area contributed by atoms with Gasteiger partial charge in [-0.15, -0.1) is 0 Å². The van der Waals surface area contributed by atoms with Crippen molar-refractivity contribution in [1.29, 1.82) is 0 Å². The van der Waals surface area contributed by atoms with E-state index >= 15 is 0 Å². The number of rotatable bonds is 2. The van der Waals surface area contributed by atoms with Gasteiger partial charge in [0, 0.05) is 11.1 Å². The van der Waals surface area contributed by atoms with E-state index in [-0.39, 0.29) is 11.5 Å². The van der Waals surface area contributed by atoms with E-state index in [1.54, 1.807) is 29.6 Å². The van der Waals surface area contributed by atoms with Crippen LogP contribution in [0.5, 0.6) is 0 Å². The normalized spacial score (nSPS) is 11.1. The fraction of sp³-hybridized carbons (Fsp3) is 0.200. The van der Waals surface area contributed by atoms with E-state index < -0.39 is 0 Å². The molecule has 0 aliphatic rings. The summed E-state index contributed by atoms with van der Waals surface area (Å²) in [4.78, 5) is 24.1. The molecule has 5 heteroatoms. The molecule has 0 fully saturated rings. The van der Waals surface area contributed by atoms with Crippen molar-refractivity contribution in [3.05, 3.63) is 51.9 Å². The SMILES string of the molecule is CCOC(=O)c1cc(C)n2[nH]c(=O)c3ccccc3c12. The van der Waals surface area contributed by atoms with Crippen molar-refractivity contribution in [2.75, 3.05) is 6.61 Å². The zero-order chi connectivity index (χ0) is 14.3. The van der Waals surface area contributed by atoms with Crippen LogP contribution in [-0.2, 0) is 4.74 Å². The number of nitrogens with zero attached hydrogens (tertiary/aromatic N) is 1. The van der Waals surface area contributed by atoms with Gasteiger partial charge in [-0.25, -0.2) is 4.79 Å². The number of ether oxygens (including phenoxy) is 1. The number of esters is 1. The monoisotopic (exact) mass is 270 g/mol. The van der Waals surface area contributed by atoms with Crippen LogP contribution in [0.2, 0.25) is 0 Å². The minimum atomic E-state index is -0.379. The van der Waals surface area contributed by atoms with Crippen LogP contribution in [0.1, 0.15) is 23.0 Å². The lowest BCUT2D eigenvalue weighted by molar-refractivity contribution is 0.0529. The number of nitrogens with one attached hydrogen (secondary N) is 1. The number of aromatic amines is 1. The lowest BCUT2D eigenvalue weighted by Crippen LogP contribution is -2.13. The third-order valence-corrected chi connectivity index (χ3v) is 3.32. The quantitative estimate of drug-likeness (QED) is 0.726. The highest BCUT2D eigenvalue weighted by Gasteiger charge is 2.18. The average molecular weight is 270 g/mol. The molecule has 20 heavy (non-hydrogen) atoms. The summed E-state index contributed by atoms with van der Waals surface area (Å²) in [5.74, 6) is -0.379. The molecular formula is C15H14N2O3. The van der Waals surface area contributed by atoms with Gasteiger partial charge in [-0.2, -0.15) is 0 Å². The molecule has 1 N–H and O–H groups in total. The maximum Gasteiger partial charge on any atom is 0.340 e. The first kappa shape index (κ1) is 12.5. The van der Waals surface area contributed by atoms with E-state index in [4.69, 9.17) is 4.74 Å². The number of fused-ring (bicyclic) bond motifs is 3. The Hall–Kier alpha value is -2.56. The van der Waals surface area contributed by atoms with Crippen LogP contribution in [0.25, 0.3) is 16.3 Å². The lowest BCUT2D eigenvalue weighted by atomic mass is 10.1. The molecule has 102 valence electrons. The summed E-state index contributed by atoms with van der Waals surface area (Å²) in [5, 5.41) is 4.07. The van der Waals surface area contributed by atoms with Crippen molar-refractivity contribution in [3.8, 4) is 0 Å². The summed E-state index contributed by atoms with van der Waals surface area (Å²) in [6.07, 6.45) is 0. The minimum absolute atomic E-state index is 0.179. The number of benzene rings is 1. The van der Waals surface area contributed by atoms with Crippen LogP contribution in [-0.4, -0.2) is 22.2 Å². The standard InChI is InChI=1S/C15H14N2O3/c1-3-20-15(19)12-8-9(2)17-13(12)10-6-4-5-7-11(10)14(18)16-17/h4-8H,3H2,1-2H3,(H,16,18). The van der Waals surface area contributed by atoms with E-state index in [0.717, 1.165) is 11.1 Å². The number of carbonyl (C=O) groups is 1. The summed E-state index contributed by atoms with van der Waals surface area (Å²) in [6, 6.07) is 8.95. The van der Waals surface area contributed by atoms with Crippen LogP contribution in [0.15, 0.2) is 35.1 Å². The third kappa shape index (κ3) is 1.71. The second-order valence-corrected chi connectivity index (χ2v) is 4.59. The van der Waals surface area contributed by atoms with Gasteiger partial charge < -0.3 is 4.74 Å². The number of carbonyl (C=O) groups excluding carboxylic acids is 1. The Morgan fingerprint density at radius 2 is 2.00 bits per heavy atom. The Morgan fingerprint density at radius 1 is 1.30 bits per heavy atom. The van der Waals surface area contributed by atoms with Crippen LogP contribution in [0.4, 0.5) is 0 Å². The summed E-state index contributed by atoms with van der Waals surface area (Å²) in [5.41, 5.74) is 1.75. The molecule has 0 saturated carbocycles. The van der Waals surface area contributed by atoms with Gasteiger partial charge in [0.2, 0.25) is 0 Å². The summed E-state index contributed by atoms with van der Waals surface area (Å²) >= 11 is 0. The number of aryl methyl sites for hydroxylation is 1. The number of hydrogen-bond donors (Lipinski definition) is 1. The number of H-pyrrole nitrogens is 1. The average Bonchev–Trinajstić information content (AvgIpc) is 2.77. The maximum atomic E-state index is 12.1. The van der Waals surface area contributed by atoms with Gasteiger partial charge in [0.05, 0.1) is 23.1 Å². The van der Waals surface area contributed by atoms with Gasteiger partial charge in [0.1, 0.15) is 0 Å². The molecule has 0 saturated heterocycles. The Balaban J connectivity index is 2.47. The number of hydrogen-bond acceptors (Lipinski definition) is 3. The Bertz CT molecular complexity index is 874. The van der Waals surface area contributed by atoms with E-state index in [0.29, 0.717) is 23.1 Å². The molecule has 0 atom stereocenters. The van der Waals surface area contributed by atoms with E-state index in [9.17, 15) is 9.59 Å². The lowest BCUT2D eigenvalue weighted by Gasteiger charge is -2.05. The van der Waals surface area contributed by atoms with Crippen molar-refractivity contribution in [1.82, 2.24) is 9.61 Å². The first-order valence-corrected chi connectivity index (χ1v) is 6.43. The van der Waals surface area contributed by atoms with Crippen molar-refractivity contribution >= 4 is 22.3 Å². The largest absolute Gasteiger partial charge is 0.462 e. The molecule has 1 aromatic carbocycles. The highest BCUT2D eigenvalue weighted by molar-refractivity contribution is 6.07. The topological polar surface area (TPSA) is 63.6 Å². The van der Waals surface area contributed by atoms with Gasteiger partial charge >= 0.3 is 5.97 Å². The van der Waals surface area contributed by atoms with E-state index in [1.165, 1.54) is 0 Å². The van der Waals surface area contributed by atoms with E-state index in [2.05, 4.69) is 5.10 Å². The van der Waals surface area contributed by atoms with Crippen molar-refractivity contribution in [3.63, 3.8) is 0 Å². The minimum Gasteiger partial charge on any atom is -0.462 e. The Morgan fingerprint density at radius 3 is 2.70 bits per heavy atom. The molecule has 5 nitrogen and oxygen atoms in total. The first-order valence-electron chi connectivity index (χ1n) is 6.43. The van der Waals surface area contributed by atoms with Gasteiger partial charge in [-0.05, 0) is 26.0 Å². The molecule has 0 aliphatic heterocycles. The van der Waals surface area contributed by atoms with Gasteiger partial charge in [0.15, 0.2) is 0 Å². The number of aromatic nitrogens is 2. The molecule has 0 radical (unpaired) electrons. The van der Waals surface area contributed by atoms with Gasteiger partial charge in [-0.3, -0.25) is 14.4 Å². The molecule has 0 amide bonds. The highest BCUT2D eigenvalue weighted by atomic mass is 16.5.